The van der Waals surface area contributed by atoms with Crippen molar-refractivity contribution in [2.45, 2.75) is 25.3 Å². The standard InChI is InChI=1S/C17H19ClN2O4/c1-19-6-4-3-5-11(19)9-20-13-8-10(17(23)24-2)7-12(18)14(13)15(21)16(20)22/h7-8,11H,3-6,9H2,1-2H3. The second-order valence-electron chi connectivity index (χ2n) is 6.22. The highest BCUT2D eigenvalue weighted by molar-refractivity contribution is 6.55. The predicted molar refractivity (Wildman–Crippen MR) is 89.7 cm³/mol. The van der Waals surface area contributed by atoms with E-state index in [9.17, 15) is 14.4 Å². The van der Waals surface area contributed by atoms with Crippen molar-refractivity contribution in [3.8, 4) is 0 Å². The predicted octanol–water partition coefficient (Wildman–Crippen LogP) is 2.14. The van der Waals surface area contributed by atoms with Gasteiger partial charge in [-0.25, -0.2) is 4.79 Å². The van der Waals surface area contributed by atoms with Gasteiger partial charge < -0.3 is 14.5 Å². The Morgan fingerprint density at radius 2 is 2.08 bits per heavy atom. The first kappa shape index (κ1) is 16.9. The van der Waals surface area contributed by atoms with E-state index in [2.05, 4.69) is 4.90 Å². The number of rotatable bonds is 3. The molecule has 2 heterocycles. The summed E-state index contributed by atoms with van der Waals surface area (Å²) in [5.41, 5.74) is 0.801. The maximum atomic E-state index is 12.4. The molecule has 1 aromatic rings. The molecule has 24 heavy (non-hydrogen) atoms. The van der Waals surface area contributed by atoms with Crippen molar-refractivity contribution in [2.24, 2.45) is 0 Å². The zero-order chi connectivity index (χ0) is 17.4. The van der Waals surface area contributed by atoms with Gasteiger partial charge in [-0.1, -0.05) is 18.0 Å². The number of amides is 1. The number of likely N-dealkylation sites (tertiary alicyclic amines) is 1. The van der Waals surface area contributed by atoms with Crippen LogP contribution in [-0.2, 0) is 9.53 Å². The fraction of sp³-hybridized carbons (Fsp3) is 0.471. The van der Waals surface area contributed by atoms with Gasteiger partial charge in [0.1, 0.15) is 0 Å². The molecule has 6 nitrogen and oxygen atoms in total. The van der Waals surface area contributed by atoms with Gasteiger partial charge >= 0.3 is 5.97 Å². The fourth-order valence-electron chi connectivity index (χ4n) is 3.37. The average Bonchev–Trinajstić information content (AvgIpc) is 2.81. The van der Waals surface area contributed by atoms with Crippen LogP contribution >= 0.6 is 11.6 Å². The molecule has 128 valence electrons. The number of nitrogens with zero attached hydrogens (tertiary/aromatic N) is 2. The molecular weight excluding hydrogens is 332 g/mol. The molecule has 0 radical (unpaired) electrons. The highest BCUT2D eigenvalue weighted by Crippen LogP contribution is 2.36. The SMILES string of the molecule is COC(=O)c1cc(Cl)c2c(c1)N(CC1CCCCN1C)C(=O)C2=O. The van der Waals surface area contributed by atoms with E-state index in [4.69, 9.17) is 16.3 Å². The molecule has 2 aliphatic heterocycles. The number of piperidine rings is 1. The third kappa shape index (κ3) is 2.80. The molecule has 7 heteroatoms. The highest BCUT2D eigenvalue weighted by Gasteiger charge is 2.40. The molecular formula is C17H19ClN2O4. The quantitative estimate of drug-likeness (QED) is 0.617. The van der Waals surface area contributed by atoms with Gasteiger partial charge in [-0.15, -0.1) is 0 Å². The Morgan fingerprint density at radius 1 is 1.33 bits per heavy atom. The van der Waals surface area contributed by atoms with Gasteiger partial charge in [-0.2, -0.15) is 0 Å². The van der Waals surface area contributed by atoms with E-state index >= 15 is 0 Å². The number of carbonyl (C=O) groups is 3. The summed E-state index contributed by atoms with van der Waals surface area (Å²) < 4.78 is 4.71. The second-order valence-corrected chi connectivity index (χ2v) is 6.63. The van der Waals surface area contributed by atoms with Gasteiger partial charge in [-0.3, -0.25) is 9.59 Å². The molecule has 0 saturated carbocycles. The van der Waals surface area contributed by atoms with Crippen molar-refractivity contribution in [2.75, 3.05) is 32.1 Å². The zero-order valence-electron chi connectivity index (χ0n) is 13.7. The van der Waals surface area contributed by atoms with Crippen LogP contribution in [0.4, 0.5) is 5.69 Å². The third-order valence-corrected chi connectivity index (χ3v) is 5.06. The lowest BCUT2D eigenvalue weighted by Gasteiger charge is -2.35. The van der Waals surface area contributed by atoms with Crippen LogP contribution < -0.4 is 4.90 Å². The number of ether oxygens (including phenoxy) is 1. The molecule has 1 aromatic carbocycles. The minimum Gasteiger partial charge on any atom is -0.465 e. The van der Waals surface area contributed by atoms with Crippen LogP contribution in [0.15, 0.2) is 12.1 Å². The second kappa shape index (κ2) is 6.53. The molecule has 1 saturated heterocycles. The van der Waals surface area contributed by atoms with Crippen LogP contribution in [-0.4, -0.2) is 55.8 Å². The summed E-state index contributed by atoms with van der Waals surface area (Å²) in [6.07, 6.45) is 3.20. The number of hydrogen-bond donors (Lipinski definition) is 0. The summed E-state index contributed by atoms with van der Waals surface area (Å²) in [6.45, 7) is 1.38. The summed E-state index contributed by atoms with van der Waals surface area (Å²) in [5.74, 6) is -1.76. The van der Waals surface area contributed by atoms with Gasteiger partial charge in [0.2, 0.25) is 0 Å². The smallest absolute Gasteiger partial charge is 0.337 e. The molecule has 1 amide bonds. The molecule has 1 atom stereocenters. The summed E-state index contributed by atoms with van der Waals surface area (Å²) in [6, 6.07) is 3.06. The normalized spacial score (nSPS) is 21.1. The number of likely N-dealkylation sites (N-methyl/N-ethyl adjacent to an activating group) is 1. The molecule has 0 bridgehead atoms. The van der Waals surface area contributed by atoms with Crippen LogP contribution in [0.2, 0.25) is 5.02 Å². The lowest BCUT2D eigenvalue weighted by atomic mass is 10.0. The average molecular weight is 351 g/mol. The van der Waals surface area contributed by atoms with E-state index in [1.807, 2.05) is 7.05 Å². The van der Waals surface area contributed by atoms with Crippen LogP contribution in [0.25, 0.3) is 0 Å². The molecule has 0 aliphatic carbocycles. The first-order valence-corrected chi connectivity index (χ1v) is 8.30. The van der Waals surface area contributed by atoms with Crippen molar-refractivity contribution in [3.63, 3.8) is 0 Å². The van der Waals surface area contributed by atoms with Gasteiger partial charge in [-0.05, 0) is 38.6 Å². The van der Waals surface area contributed by atoms with Crippen LogP contribution in [0, 0.1) is 0 Å². The summed E-state index contributed by atoms with van der Waals surface area (Å²) in [7, 11) is 3.29. The van der Waals surface area contributed by atoms with E-state index in [1.165, 1.54) is 24.1 Å². The van der Waals surface area contributed by atoms with Gasteiger partial charge in [0.25, 0.3) is 11.7 Å². The molecule has 0 aromatic heterocycles. The van der Waals surface area contributed by atoms with Crippen LogP contribution in [0.5, 0.6) is 0 Å². The number of esters is 1. The first-order chi connectivity index (χ1) is 11.4. The Hall–Kier alpha value is -1.92. The number of halogens is 1. The molecule has 0 N–H and O–H groups in total. The first-order valence-electron chi connectivity index (χ1n) is 7.92. The number of methoxy groups -OCH3 is 1. The van der Waals surface area contributed by atoms with Crippen molar-refractivity contribution in [1.29, 1.82) is 0 Å². The highest BCUT2D eigenvalue weighted by atomic mass is 35.5. The maximum absolute atomic E-state index is 12.4. The number of hydrogen-bond acceptors (Lipinski definition) is 5. The number of fused-ring (bicyclic) bond motifs is 1. The monoisotopic (exact) mass is 350 g/mol. The van der Waals surface area contributed by atoms with Crippen LogP contribution in [0.1, 0.15) is 40.0 Å². The van der Waals surface area contributed by atoms with Crippen molar-refractivity contribution in [1.82, 2.24) is 4.90 Å². The summed E-state index contributed by atoms with van der Waals surface area (Å²) in [4.78, 5) is 40.2. The topological polar surface area (TPSA) is 66.9 Å². The van der Waals surface area contributed by atoms with Crippen LogP contribution in [0.3, 0.4) is 0 Å². The molecule has 0 spiro atoms. The summed E-state index contributed by atoms with van der Waals surface area (Å²) in [5, 5.41) is 0.103. The minimum atomic E-state index is -0.620. The molecule has 1 unspecified atom stereocenters. The van der Waals surface area contributed by atoms with E-state index in [1.54, 1.807) is 0 Å². The van der Waals surface area contributed by atoms with E-state index in [-0.39, 0.29) is 22.2 Å². The van der Waals surface area contributed by atoms with E-state index < -0.39 is 17.7 Å². The molecule has 2 aliphatic rings. The number of anilines is 1. The van der Waals surface area contributed by atoms with Gasteiger partial charge in [0.15, 0.2) is 0 Å². The molecule has 1 fully saturated rings. The van der Waals surface area contributed by atoms with E-state index in [0.717, 1.165) is 25.8 Å². The lowest BCUT2D eigenvalue weighted by Crippen LogP contribution is -2.46. The van der Waals surface area contributed by atoms with Crippen molar-refractivity contribution < 1.29 is 19.1 Å². The number of ketones is 1. The third-order valence-electron chi connectivity index (χ3n) is 4.76. The number of carbonyl (C=O) groups excluding carboxylic acids is 3. The van der Waals surface area contributed by atoms with Gasteiger partial charge in [0, 0.05) is 12.6 Å². The van der Waals surface area contributed by atoms with Crippen molar-refractivity contribution >= 4 is 34.9 Å². The van der Waals surface area contributed by atoms with Crippen molar-refractivity contribution in [3.05, 3.63) is 28.3 Å². The fourth-order valence-corrected chi connectivity index (χ4v) is 3.67. The number of benzene rings is 1. The largest absolute Gasteiger partial charge is 0.465 e. The summed E-state index contributed by atoms with van der Waals surface area (Å²) >= 11 is 6.15. The Morgan fingerprint density at radius 3 is 2.75 bits per heavy atom. The minimum absolute atomic E-state index is 0.103. The Labute approximate surface area is 145 Å². The maximum Gasteiger partial charge on any atom is 0.337 e. The van der Waals surface area contributed by atoms with Gasteiger partial charge in [0.05, 0.1) is 28.9 Å². The van der Waals surface area contributed by atoms with E-state index in [0.29, 0.717) is 12.2 Å². The lowest BCUT2D eigenvalue weighted by molar-refractivity contribution is -0.114. The molecule has 3 rings (SSSR count). The zero-order valence-corrected chi connectivity index (χ0v) is 14.4. The Balaban J connectivity index is 1.98. The Kier molecular flexibility index (Phi) is 4.60. The number of Topliss-reactive ketones (excluding diaryl/α,β-unsaturated/α-hetero) is 1. The Bertz CT molecular complexity index is 719.